The van der Waals surface area contributed by atoms with Gasteiger partial charge in [0, 0.05) is 17.5 Å². The maximum absolute atomic E-state index is 10.2. The summed E-state index contributed by atoms with van der Waals surface area (Å²) >= 11 is 1.71. The van der Waals surface area contributed by atoms with Crippen molar-refractivity contribution in [1.82, 2.24) is 5.32 Å². The van der Waals surface area contributed by atoms with Gasteiger partial charge in [0.2, 0.25) is 6.79 Å². The third kappa shape index (κ3) is 2.80. The highest BCUT2D eigenvalue weighted by Gasteiger charge is 2.17. The van der Waals surface area contributed by atoms with E-state index >= 15 is 0 Å². The summed E-state index contributed by atoms with van der Waals surface area (Å²) in [4.78, 5) is 1.27. The van der Waals surface area contributed by atoms with Crippen molar-refractivity contribution < 1.29 is 14.6 Å². The zero-order valence-corrected chi connectivity index (χ0v) is 12.0. The summed E-state index contributed by atoms with van der Waals surface area (Å²) < 4.78 is 10.6. The normalized spacial score (nSPS) is 16.1. The van der Waals surface area contributed by atoms with Crippen LogP contribution in [0.2, 0.25) is 0 Å². The van der Waals surface area contributed by atoms with E-state index in [1.807, 2.05) is 24.3 Å². The Morgan fingerprint density at radius 3 is 2.95 bits per heavy atom. The Morgan fingerprint density at radius 2 is 2.15 bits per heavy atom. The molecule has 0 bridgehead atoms. The zero-order valence-electron chi connectivity index (χ0n) is 11.2. The van der Waals surface area contributed by atoms with Crippen LogP contribution < -0.4 is 14.8 Å². The molecule has 1 aliphatic heterocycles. The number of rotatable bonds is 5. The molecule has 0 radical (unpaired) electrons. The number of aliphatic hydroxyl groups is 1. The van der Waals surface area contributed by atoms with Crippen LogP contribution in [0.5, 0.6) is 11.5 Å². The Morgan fingerprint density at radius 1 is 1.30 bits per heavy atom. The summed E-state index contributed by atoms with van der Waals surface area (Å²) in [7, 11) is 0. The predicted octanol–water partition coefficient (Wildman–Crippen LogP) is 2.86. The molecule has 1 aromatic heterocycles. The molecule has 0 spiro atoms. The summed E-state index contributed by atoms with van der Waals surface area (Å²) in [5.74, 6) is 1.44. The van der Waals surface area contributed by atoms with E-state index in [-0.39, 0.29) is 12.8 Å². The first-order chi connectivity index (χ1) is 9.74. The van der Waals surface area contributed by atoms with Crippen LogP contribution in [0.4, 0.5) is 0 Å². The largest absolute Gasteiger partial charge is 0.454 e. The Kier molecular flexibility index (Phi) is 3.91. The van der Waals surface area contributed by atoms with Gasteiger partial charge in [0.05, 0.1) is 6.10 Å². The van der Waals surface area contributed by atoms with Crippen LogP contribution in [0.25, 0.3) is 0 Å². The first-order valence-electron chi connectivity index (χ1n) is 6.58. The van der Waals surface area contributed by atoms with E-state index in [0.29, 0.717) is 12.3 Å². The lowest BCUT2D eigenvalue weighted by molar-refractivity contribution is 0.168. The van der Waals surface area contributed by atoms with Crippen LogP contribution >= 0.6 is 11.3 Å². The molecule has 0 aliphatic carbocycles. The van der Waals surface area contributed by atoms with Gasteiger partial charge in [-0.3, -0.25) is 0 Å². The number of benzene rings is 1. The summed E-state index contributed by atoms with van der Waals surface area (Å²) in [6.07, 6.45) is -0.563. The smallest absolute Gasteiger partial charge is 0.231 e. The summed E-state index contributed by atoms with van der Waals surface area (Å²) in [5.41, 5.74) is 0.833. The number of hydrogen-bond donors (Lipinski definition) is 2. The quantitative estimate of drug-likeness (QED) is 0.889. The Balaban J connectivity index is 1.60. The van der Waals surface area contributed by atoms with Crippen molar-refractivity contribution in [3.05, 3.63) is 46.2 Å². The van der Waals surface area contributed by atoms with E-state index < -0.39 is 6.10 Å². The highest BCUT2D eigenvalue weighted by atomic mass is 32.1. The van der Waals surface area contributed by atoms with E-state index in [4.69, 9.17) is 9.47 Å². The monoisotopic (exact) mass is 291 g/mol. The molecule has 2 aromatic rings. The molecule has 2 unspecified atom stereocenters. The second kappa shape index (κ2) is 5.83. The van der Waals surface area contributed by atoms with Crippen LogP contribution in [0.3, 0.4) is 0 Å². The van der Waals surface area contributed by atoms with Crippen molar-refractivity contribution in [2.75, 3.05) is 13.3 Å². The van der Waals surface area contributed by atoms with Gasteiger partial charge >= 0.3 is 0 Å². The van der Waals surface area contributed by atoms with E-state index in [1.165, 1.54) is 4.88 Å². The topological polar surface area (TPSA) is 50.7 Å². The van der Waals surface area contributed by atoms with Crippen molar-refractivity contribution in [2.45, 2.75) is 19.1 Å². The number of hydrogen-bond acceptors (Lipinski definition) is 5. The minimum absolute atomic E-state index is 0.235. The van der Waals surface area contributed by atoms with Gasteiger partial charge in [-0.2, -0.15) is 0 Å². The van der Waals surface area contributed by atoms with Crippen molar-refractivity contribution >= 4 is 11.3 Å². The fourth-order valence-corrected chi connectivity index (χ4v) is 2.92. The lowest BCUT2D eigenvalue weighted by Gasteiger charge is -2.16. The molecule has 0 saturated heterocycles. The molecule has 20 heavy (non-hydrogen) atoms. The summed E-state index contributed by atoms with van der Waals surface area (Å²) in [5, 5.41) is 15.6. The molecule has 2 heterocycles. The summed E-state index contributed by atoms with van der Waals surface area (Å²) in [6, 6.07) is 9.91. The lowest BCUT2D eigenvalue weighted by atomic mass is 10.1. The van der Waals surface area contributed by atoms with Gasteiger partial charge in [0.15, 0.2) is 11.5 Å². The minimum atomic E-state index is -0.563. The maximum atomic E-state index is 10.2. The average Bonchev–Trinajstić information content (AvgIpc) is 3.13. The van der Waals surface area contributed by atoms with Crippen LogP contribution in [0.15, 0.2) is 35.7 Å². The van der Waals surface area contributed by atoms with Crippen molar-refractivity contribution in [2.24, 2.45) is 0 Å². The van der Waals surface area contributed by atoms with Crippen LogP contribution in [0, 0.1) is 0 Å². The number of aliphatic hydroxyl groups excluding tert-OH is 1. The molecule has 0 saturated carbocycles. The van der Waals surface area contributed by atoms with E-state index in [2.05, 4.69) is 23.7 Å². The number of fused-ring (bicyclic) bond motifs is 1. The maximum Gasteiger partial charge on any atom is 0.231 e. The van der Waals surface area contributed by atoms with Gasteiger partial charge in [0.1, 0.15) is 0 Å². The standard InChI is InChI=1S/C15H17NO3S/c1-10(15-3-2-6-20-15)16-8-12(17)11-4-5-13-14(7-11)19-9-18-13/h2-7,10,12,16-17H,8-9H2,1H3. The molecule has 2 N–H and O–H groups in total. The molecular weight excluding hydrogens is 274 g/mol. The Hall–Kier alpha value is -1.56. The molecule has 0 amide bonds. The zero-order chi connectivity index (χ0) is 13.9. The fourth-order valence-electron chi connectivity index (χ4n) is 2.16. The molecular formula is C15H17NO3S. The van der Waals surface area contributed by atoms with E-state index in [1.54, 1.807) is 11.3 Å². The van der Waals surface area contributed by atoms with Crippen LogP contribution in [-0.2, 0) is 0 Å². The molecule has 2 atom stereocenters. The van der Waals surface area contributed by atoms with Gasteiger partial charge in [-0.15, -0.1) is 11.3 Å². The van der Waals surface area contributed by atoms with Crippen molar-refractivity contribution in [3.8, 4) is 11.5 Å². The van der Waals surface area contributed by atoms with Gasteiger partial charge in [-0.25, -0.2) is 0 Å². The van der Waals surface area contributed by atoms with Crippen LogP contribution in [0.1, 0.15) is 29.5 Å². The number of nitrogens with one attached hydrogen (secondary N) is 1. The van der Waals surface area contributed by atoms with Gasteiger partial charge in [0.25, 0.3) is 0 Å². The Bertz CT molecular complexity index is 571. The SMILES string of the molecule is CC(NCC(O)c1ccc2c(c1)OCO2)c1cccs1. The first kappa shape index (κ1) is 13.4. The van der Waals surface area contributed by atoms with Gasteiger partial charge < -0.3 is 19.9 Å². The predicted molar refractivity (Wildman–Crippen MR) is 78.3 cm³/mol. The van der Waals surface area contributed by atoms with Gasteiger partial charge in [-0.05, 0) is 36.1 Å². The number of thiophene rings is 1. The highest BCUT2D eigenvalue weighted by Crippen LogP contribution is 2.34. The lowest BCUT2D eigenvalue weighted by Crippen LogP contribution is -2.24. The molecule has 4 nitrogen and oxygen atoms in total. The molecule has 106 valence electrons. The third-order valence-corrected chi connectivity index (χ3v) is 4.42. The Labute approximate surface area is 122 Å². The molecule has 1 aliphatic rings. The van der Waals surface area contributed by atoms with E-state index in [0.717, 1.165) is 11.3 Å². The minimum Gasteiger partial charge on any atom is -0.454 e. The van der Waals surface area contributed by atoms with Gasteiger partial charge in [-0.1, -0.05) is 12.1 Å². The number of ether oxygens (including phenoxy) is 2. The van der Waals surface area contributed by atoms with E-state index in [9.17, 15) is 5.11 Å². The third-order valence-electron chi connectivity index (χ3n) is 3.37. The molecule has 0 fully saturated rings. The second-order valence-corrected chi connectivity index (χ2v) is 5.75. The first-order valence-corrected chi connectivity index (χ1v) is 7.46. The second-order valence-electron chi connectivity index (χ2n) is 4.77. The van der Waals surface area contributed by atoms with Crippen LogP contribution in [-0.4, -0.2) is 18.4 Å². The highest BCUT2D eigenvalue weighted by molar-refractivity contribution is 7.10. The fraction of sp³-hybridized carbons (Fsp3) is 0.333. The van der Waals surface area contributed by atoms with Crippen molar-refractivity contribution in [3.63, 3.8) is 0 Å². The molecule has 3 rings (SSSR count). The van der Waals surface area contributed by atoms with Crippen molar-refractivity contribution in [1.29, 1.82) is 0 Å². The average molecular weight is 291 g/mol. The molecule has 1 aromatic carbocycles. The molecule has 5 heteroatoms. The summed E-state index contributed by atoms with van der Waals surface area (Å²) in [6.45, 7) is 2.85.